The van der Waals surface area contributed by atoms with Gasteiger partial charge in [-0.1, -0.05) is 0 Å². The molecule has 0 unspecified atom stereocenters. The van der Waals surface area contributed by atoms with Crippen molar-refractivity contribution in [1.29, 1.82) is 0 Å². The summed E-state index contributed by atoms with van der Waals surface area (Å²) in [5.41, 5.74) is 3.99. The first-order chi connectivity index (χ1) is 12.4. The van der Waals surface area contributed by atoms with Crippen molar-refractivity contribution in [2.45, 2.75) is 13.8 Å². The van der Waals surface area contributed by atoms with Crippen LogP contribution in [0.2, 0.25) is 0 Å². The fourth-order valence-corrected chi connectivity index (χ4v) is 3.03. The van der Waals surface area contributed by atoms with Crippen LogP contribution in [0, 0.1) is 6.92 Å². The lowest BCUT2D eigenvalue weighted by molar-refractivity contribution is -0.129. The van der Waals surface area contributed by atoms with Crippen molar-refractivity contribution in [1.82, 2.24) is 19.4 Å². The predicted molar refractivity (Wildman–Crippen MR) is 105 cm³/mol. The molecule has 0 N–H and O–H groups in total. The summed E-state index contributed by atoms with van der Waals surface area (Å²) in [6.45, 7) is 6.80. The monoisotopic (exact) mass is 354 g/mol. The highest BCUT2D eigenvalue weighted by Gasteiger charge is 2.19. The highest BCUT2D eigenvalue weighted by molar-refractivity contribution is 5.74. The number of hydrogen-bond donors (Lipinski definition) is 0. The number of hydrogen-bond acceptors (Lipinski definition) is 4. The highest BCUT2D eigenvalue weighted by Crippen LogP contribution is 2.29. The Morgan fingerprint density at radius 1 is 1.23 bits per heavy atom. The second-order valence-corrected chi connectivity index (χ2v) is 6.80. The lowest BCUT2D eigenvalue weighted by Crippen LogP contribution is -2.48. The van der Waals surface area contributed by atoms with E-state index in [1.807, 2.05) is 54.0 Å². The van der Waals surface area contributed by atoms with Crippen LogP contribution in [0.25, 0.3) is 5.69 Å². The molecule has 1 aromatic carbocycles. The Kier molecular flexibility index (Phi) is 5.25. The number of aliphatic imine (C=N–C) groups is 1. The van der Waals surface area contributed by atoms with E-state index in [1.54, 1.807) is 13.3 Å². The van der Waals surface area contributed by atoms with Gasteiger partial charge in [-0.25, -0.2) is 9.98 Å². The van der Waals surface area contributed by atoms with Gasteiger partial charge in [-0.05, 0) is 25.1 Å². The van der Waals surface area contributed by atoms with Crippen molar-refractivity contribution < 1.29 is 4.79 Å². The van der Waals surface area contributed by atoms with E-state index in [1.165, 1.54) is 0 Å². The highest BCUT2D eigenvalue weighted by atomic mass is 16.2. The Bertz CT molecular complexity index is 802. The molecule has 1 aliphatic rings. The lowest BCUT2D eigenvalue weighted by Gasteiger charge is -2.35. The first-order valence-corrected chi connectivity index (χ1v) is 8.80. The number of anilines is 1. The van der Waals surface area contributed by atoms with E-state index < -0.39 is 0 Å². The maximum atomic E-state index is 11.5. The number of benzene rings is 1. The average Bonchev–Trinajstić information content (AvgIpc) is 3.06. The van der Waals surface area contributed by atoms with Gasteiger partial charge in [0.1, 0.15) is 0 Å². The number of aryl methyl sites for hydroxylation is 1. The van der Waals surface area contributed by atoms with Crippen molar-refractivity contribution >= 4 is 23.6 Å². The van der Waals surface area contributed by atoms with Crippen LogP contribution >= 0.6 is 0 Å². The number of rotatable bonds is 4. The minimum atomic E-state index is 0.146. The molecule has 0 radical (unpaired) electrons. The van der Waals surface area contributed by atoms with Gasteiger partial charge >= 0.3 is 0 Å². The zero-order valence-electron chi connectivity index (χ0n) is 15.9. The van der Waals surface area contributed by atoms with Gasteiger partial charge in [-0.3, -0.25) is 4.79 Å². The molecule has 0 bridgehead atoms. The first kappa shape index (κ1) is 18.0. The second kappa shape index (κ2) is 7.59. The summed E-state index contributed by atoms with van der Waals surface area (Å²) in [4.78, 5) is 26.6. The van der Waals surface area contributed by atoms with Gasteiger partial charge in [0.05, 0.1) is 29.7 Å². The minimum absolute atomic E-state index is 0.146. The van der Waals surface area contributed by atoms with Crippen LogP contribution in [0.15, 0.2) is 35.7 Å². The molecular weight excluding hydrogens is 328 g/mol. The molecule has 7 heteroatoms. The zero-order valence-corrected chi connectivity index (χ0v) is 15.9. The van der Waals surface area contributed by atoms with E-state index in [9.17, 15) is 4.79 Å². The van der Waals surface area contributed by atoms with E-state index in [0.29, 0.717) is 0 Å². The summed E-state index contributed by atoms with van der Waals surface area (Å²) in [5.74, 6) is 0.146. The topological polar surface area (TPSA) is 57.0 Å². The van der Waals surface area contributed by atoms with Gasteiger partial charge in [-0.15, -0.1) is 0 Å². The molecule has 1 amide bonds. The number of imidazole rings is 1. The largest absolute Gasteiger partial charge is 0.369 e. The Morgan fingerprint density at radius 3 is 2.54 bits per heavy atom. The number of carbonyl (C=O) groups excluding carboxylic acids is 1. The molecule has 0 spiro atoms. The van der Waals surface area contributed by atoms with Crippen LogP contribution in [0.4, 0.5) is 11.4 Å². The molecule has 1 aliphatic heterocycles. The maximum Gasteiger partial charge on any atom is 0.219 e. The van der Waals surface area contributed by atoms with Gasteiger partial charge in [0.25, 0.3) is 0 Å². The Labute approximate surface area is 154 Å². The van der Waals surface area contributed by atoms with Crippen molar-refractivity contribution in [3.63, 3.8) is 0 Å². The number of carbonyl (C=O) groups is 1. The molecule has 1 fully saturated rings. The van der Waals surface area contributed by atoms with Crippen LogP contribution in [0.5, 0.6) is 0 Å². The number of aromatic nitrogens is 2. The second-order valence-electron chi connectivity index (χ2n) is 6.80. The summed E-state index contributed by atoms with van der Waals surface area (Å²) >= 11 is 0. The Hall–Kier alpha value is -2.83. The van der Waals surface area contributed by atoms with Gasteiger partial charge < -0.3 is 19.3 Å². The quantitative estimate of drug-likeness (QED) is 0.623. The fraction of sp³-hybridized carbons (Fsp3) is 0.421. The standard InChI is InChI=1S/C19H26N6O/c1-15-12-25(14-20-15)19-11-17(5-6-18(19)21-13-22(3)4)24-9-7-23(8-10-24)16(2)26/h5-6,11-14H,7-10H2,1-4H3. The molecule has 0 atom stereocenters. The van der Waals surface area contributed by atoms with Gasteiger partial charge in [0.2, 0.25) is 5.91 Å². The third kappa shape index (κ3) is 4.04. The Balaban J connectivity index is 1.90. The van der Waals surface area contributed by atoms with E-state index in [-0.39, 0.29) is 5.91 Å². The van der Waals surface area contributed by atoms with Crippen LogP contribution in [-0.4, -0.2) is 71.9 Å². The number of amides is 1. The zero-order chi connectivity index (χ0) is 18.7. The maximum absolute atomic E-state index is 11.5. The molecular formula is C19H26N6O. The van der Waals surface area contributed by atoms with Crippen molar-refractivity contribution in [3.05, 3.63) is 36.4 Å². The summed E-state index contributed by atoms with van der Waals surface area (Å²) in [7, 11) is 3.90. The third-order valence-electron chi connectivity index (χ3n) is 4.47. The van der Waals surface area contributed by atoms with Crippen LogP contribution in [0.3, 0.4) is 0 Å². The summed E-state index contributed by atoms with van der Waals surface area (Å²) in [6, 6.07) is 6.28. The normalized spacial score (nSPS) is 14.9. The van der Waals surface area contributed by atoms with Crippen molar-refractivity contribution in [2.75, 3.05) is 45.2 Å². The minimum Gasteiger partial charge on any atom is -0.369 e. The average molecular weight is 354 g/mol. The summed E-state index contributed by atoms with van der Waals surface area (Å²) in [5, 5.41) is 0. The smallest absolute Gasteiger partial charge is 0.219 e. The van der Waals surface area contributed by atoms with Crippen molar-refractivity contribution in [3.8, 4) is 5.69 Å². The van der Waals surface area contributed by atoms with E-state index in [2.05, 4.69) is 27.0 Å². The third-order valence-corrected chi connectivity index (χ3v) is 4.47. The van der Waals surface area contributed by atoms with E-state index >= 15 is 0 Å². The van der Waals surface area contributed by atoms with E-state index in [4.69, 9.17) is 0 Å². The molecule has 26 heavy (non-hydrogen) atoms. The molecule has 7 nitrogen and oxygen atoms in total. The molecule has 0 aliphatic carbocycles. The summed E-state index contributed by atoms with van der Waals surface area (Å²) in [6.07, 6.45) is 5.62. The van der Waals surface area contributed by atoms with Gasteiger partial charge in [-0.2, -0.15) is 0 Å². The molecule has 1 saturated heterocycles. The van der Waals surface area contributed by atoms with Gasteiger partial charge in [0.15, 0.2) is 0 Å². The van der Waals surface area contributed by atoms with Crippen LogP contribution in [-0.2, 0) is 4.79 Å². The van der Waals surface area contributed by atoms with Gasteiger partial charge in [0, 0.05) is 59.1 Å². The summed E-state index contributed by atoms with van der Waals surface area (Å²) < 4.78 is 2.01. The molecule has 0 saturated carbocycles. The molecule has 1 aromatic heterocycles. The van der Waals surface area contributed by atoms with E-state index in [0.717, 1.165) is 48.9 Å². The number of nitrogens with zero attached hydrogens (tertiary/aromatic N) is 6. The Morgan fingerprint density at radius 2 is 1.96 bits per heavy atom. The first-order valence-electron chi connectivity index (χ1n) is 8.80. The molecule has 3 rings (SSSR count). The van der Waals surface area contributed by atoms with Crippen LogP contribution in [0.1, 0.15) is 12.6 Å². The predicted octanol–water partition coefficient (Wildman–Crippen LogP) is 2.07. The van der Waals surface area contributed by atoms with Crippen LogP contribution < -0.4 is 4.90 Å². The number of piperazine rings is 1. The lowest BCUT2D eigenvalue weighted by atomic mass is 10.2. The van der Waals surface area contributed by atoms with Crippen molar-refractivity contribution in [2.24, 2.45) is 4.99 Å². The fourth-order valence-electron chi connectivity index (χ4n) is 3.03. The molecule has 138 valence electrons. The molecule has 2 aromatic rings. The SMILES string of the molecule is CC(=O)N1CCN(c2ccc(N=CN(C)C)c(-n3cnc(C)c3)c2)CC1. The molecule has 2 heterocycles.